The fourth-order valence-corrected chi connectivity index (χ4v) is 2.36. The largest absolute Gasteiger partial charge is 0.307 e. The first-order chi connectivity index (χ1) is 11.5. The number of halogens is 2. The van der Waals surface area contributed by atoms with E-state index < -0.39 is 6.04 Å². The number of carbonyl (C=O) groups is 1. The molecule has 0 aliphatic rings. The van der Waals surface area contributed by atoms with E-state index in [1.54, 1.807) is 36.1 Å². The molecule has 0 bridgehead atoms. The molecule has 1 unspecified atom stereocenters. The first-order valence-electron chi connectivity index (χ1n) is 7.30. The quantitative estimate of drug-likeness (QED) is 0.771. The predicted molar refractivity (Wildman–Crippen MR) is 88.3 cm³/mol. The van der Waals surface area contributed by atoms with E-state index in [2.05, 4.69) is 15.5 Å². The van der Waals surface area contributed by atoms with Crippen molar-refractivity contribution in [1.82, 2.24) is 19.6 Å². The Labute approximate surface area is 142 Å². The van der Waals surface area contributed by atoms with E-state index >= 15 is 0 Å². The number of benzene rings is 1. The van der Waals surface area contributed by atoms with Crippen molar-refractivity contribution in [3.05, 3.63) is 65.3 Å². The van der Waals surface area contributed by atoms with E-state index in [0.717, 1.165) is 5.56 Å². The number of hydrogen-bond donors (Lipinski definition) is 1. The van der Waals surface area contributed by atoms with Crippen molar-refractivity contribution < 1.29 is 9.18 Å². The molecule has 0 aliphatic carbocycles. The van der Waals surface area contributed by atoms with Crippen LogP contribution >= 0.6 is 11.6 Å². The van der Waals surface area contributed by atoms with E-state index in [-0.39, 0.29) is 11.7 Å². The zero-order valence-corrected chi connectivity index (χ0v) is 13.6. The van der Waals surface area contributed by atoms with Gasteiger partial charge in [0.1, 0.15) is 11.9 Å². The number of rotatable bonds is 5. The van der Waals surface area contributed by atoms with Gasteiger partial charge in [-0.1, -0.05) is 23.7 Å². The summed E-state index contributed by atoms with van der Waals surface area (Å²) >= 11 is 5.80. The molecule has 0 radical (unpaired) electrons. The van der Waals surface area contributed by atoms with Crippen LogP contribution in [0.25, 0.3) is 0 Å². The van der Waals surface area contributed by atoms with Gasteiger partial charge in [0.25, 0.3) is 0 Å². The normalized spacial score (nSPS) is 12.1. The fourth-order valence-electron chi connectivity index (χ4n) is 2.22. The summed E-state index contributed by atoms with van der Waals surface area (Å²) in [6.07, 6.45) is 4.77. The molecule has 0 spiro atoms. The lowest BCUT2D eigenvalue weighted by molar-refractivity contribution is -0.119. The fraction of sp³-hybridized carbons (Fsp3) is 0.188. The molecule has 2 aromatic heterocycles. The minimum absolute atomic E-state index is 0.259. The number of nitrogens with one attached hydrogen (secondary N) is 1. The van der Waals surface area contributed by atoms with Gasteiger partial charge >= 0.3 is 0 Å². The number of nitrogens with zero attached hydrogens (tertiary/aromatic N) is 4. The lowest BCUT2D eigenvalue weighted by atomic mass is 10.2. The number of hydrogen-bond acceptors (Lipinski definition) is 3. The van der Waals surface area contributed by atoms with Crippen molar-refractivity contribution in [3.63, 3.8) is 0 Å². The molecule has 1 aromatic carbocycles. The van der Waals surface area contributed by atoms with Crippen LogP contribution in [0.5, 0.6) is 0 Å². The maximum absolute atomic E-state index is 13.2. The Morgan fingerprint density at radius 3 is 2.96 bits per heavy atom. The molecule has 3 aromatic rings. The molecule has 1 N–H and O–H groups in total. The van der Waals surface area contributed by atoms with Gasteiger partial charge in [0.15, 0.2) is 5.82 Å². The molecule has 0 saturated carbocycles. The average molecular weight is 348 g/mol. The van der Waals surface area contributed by atoms with Crippen molar-refractivity contribution in [2.75, 3.05) is 5.32 Å². The molecular formula is C16H15ClFN5O. The molecule has 0 aliphatic heterocycles. The second kappa shape index (κ2) is 6.84. The van der Waals surface area contributed by atoms with Crippen LogP contribution in [0, 0.1) is 5.82 Å². The van der Waals surface area contributed by atoms with Crippen LogP contribution in [-0.2, 0) is 11.3 Å². The van der Waals surface area contributed by atoms with Gasteiger partial charge in [0, 0.05) is 18.5 Å². The topological polar surface area (TPSA) is 64.7 Å². The summed E-state index contributed by atoms with van der Waals surface area (Å²) in [5.41, 5.74) is 0.788. The third-order valence-corrected chi connectivity index (χ3v) is 3.67. The standard InChI is InChI=1S/C16H15ClFN5O/c1-11(23-10-13(17)8-19-23)16(24)20-15-5-6-22(21-15)9-12-3-2-4-14(18)7-12/h2-8,10-11H,9H2,1H3,(H,20,21,24). The molecule has 1 amide bonds. The third-order valence-electron chi connectivity index (χ3n) is 3.47. The lowest BCUT2D eigenvalue weighted by Crippen LogP contribution is -2.24. The summed E-state index contributed by atoms with van der Waals surface area (Å²) in [7, 11) is 0. The van der Waals surface area contributed by atoms with Crippen molar-refractivity contribution >= 4 is 23.3 Å². The van der Waals surface area contributed by atoms with E-state index in [1.807, 2.05) is 6.07 Å². The van der Waals surface area contributed by atoms with Crippen molar-refractivity contribution in [2.24, 2.45) is 0 Å². The van der Waals surface area contributed by atoms with Crippen LogP contribution in [-0.4, -0.2) is 25.5 Å². The maximum Gasteiger partial charge on any atom is 0.250 e. The Kier molecular flexibility index (Phi) is 4.61. The second-order valence-corrected chi connectivity index (χ2v) is 5.77. The van der Waals surface area contributed by atoms with E-state index in [0.29, 0.717) is 17.4 Å². The maximum atomic E-state index is 13.2. The number of carbonyl (C=O) groups excluding carboxylic acids is 1. The summed E-state index contributed by atoms with van der Waals surface area (Å²) in [6.45, 7) is 2.13. The zero-order valence-electron chi connectivity index (χ0n) is 12.9. The second-order valence-electron chi connectivity index (χ2n) is 5.33. The number of amides is 1. The first-order valence-corrected chi connectivity index (χ1v) is 7.67. The van der Waals surface area contributed by atoms with Gasteiger partial charge in [-0.2, -0.15) is 10.2 Å². The van der Waals surface area contributed by atoms with Crippen molar-refractivity contribution in [1.29, 1.82) is 0 Å². The summed E-state index contributed by atoms with van der Waals surface area (Å²) in [5, 5.41) is 11.5. The molecule has 2 heterocycles. The third kappa shape index (κ3) is 3.80. The van der Waals surface area contributed by atoms with Crippen LogP contribution in [0.2, 0.25) is 5.02 Å². The Bertz CT molecular complexity index is 860. The van der Waals surface area contributed by atoms with Gasteiger partial charge in [-0.25, -0.2) is 4.39 Å². The van der Waals surface area contributed by atoms with Crippen LogP contribution in [0.1, 0.15) is 18.5 Å². The molecule has 0 saturated heterocycles. The van der Waals surface area contributed by atoms with Crippen LogP contribution in [0.3, 0.4) is 0 Å². The molecule has 1 atom stereocenters. The Morgan fingerprint density at radius 1 is 1.42 bits per heavy atom. The van der Waals surface area contributed by atoms with Crippen LogP contribution < -0.4 is 5.32 Å². The highest BCUT2D eigenvalue weighted by Crippen LogP contribution is 2.13. The van der Waals surface area contributed by atoms with Crippen molar-refractivity contribution in [3.8, 4) is 0 Å². The molecular weight excluding hydrogens is 333 g/mol. The van der Waals surface area contributed by atoms with Crippen molar-refractivity contribution in [2.45, 2.75) is 19.5 Å². The summed E-state index contributed by atoms with van der Waals surface area (Å²) < 4.78 is 16.3. The molecule has 8 heteroatoms. The van der Waals surface area contributed by atoms with Gasteiger partial charge in [0.2, 0.25) is 5.91 Å². The Morgan fingerprint density at radius 2 is 2.25 bits per heavy atom. The smallest absolute Gasteiger partial charge is 0.250 e. The minimum atomic E-state index is -0.522. The first kappa shape index (κ1) is 16.2. The molecule has 6 nitrogen and oxygen atoms in total. The Hall–Kier alpha value is -2.67. The van der Waals surface area contributed by atoms with E-state index in [4.69, 9.17) is 11.6 Å². The molecule has 124 valence electrons. The van der Waals surface area contributed by atoms with Gasteiger partial charge in [-0.3, -0.25) is 14.2 Å². The van der Waals surface area contributed by atoms with Gasteiger partial charge in [-0.05, 0) is 24.6 Å². The van der Waals surface area contributed by atoms with Crippen LogP contribution in [0.4, 0.5) is 10.2 Å². The van der Waals surface area contributed by atoms with Crippen LogP contribution in [0.15, 0.2) is 48.9 Å². The summed E-state index contributed by atoms with van der Waals surface area (Å²) in [6, 6.07) is 7.45. The number of aromatic nitrogens is 4. The highest BCUT2D eigenvalue weighted by molar-refractivity contribution is 6.30. The Balaban J connectivity index is 1.64. The molecule has 0 fully saturated rings. The van der Waals surface area contributed by atoms with E-state index in [1.165, 1.54) is 23.0 Å². The average Bonchev–Trinajstić information content (AvgIpc) is 3.16. The highest BCUT2D eigenvalue weighted by Gasteiger charge is 2.17. The lowest BCUT2D eigenvalue weighted by Gasteiger charge is -2.11. The number of anilines is 1. The van der Waals surface area contributed by atoms with Gasteiger partial charge in [0.05, 0.1) is 17.8 Å². The molecule has 24 heavy (non-hydrogen) atoms. The molecule has 3 rings (SSSR count). The predicted octanol–water partition coefficient (Wildman–Crippen LogP) is 3.12. The monoisotopic (exact) mass is 347 g/mol. The summed E-state index contributed by atoms with van der Waals surface area (Å²) in [5.74, 6) is -0.132. The SMILES string of the molecule is CC(C(=O)Nc1ccn(Cc2cccc(F)c2)n1)n1cc(Cl)cn1. The summed E-state index contributed by atoms with van der Waals surface area (Å²) in [4.78, 5) is 12.2. The highest BCUT2D eigenvalue weighted by atomic mass is 35.5. The van der Waals surface area contributed by atoms with Gasteiger partial charge < -0.3 is 5.32 Å². The van der Waals surface area contributed by atoms with Gasteiger partial charge in [-0.15, -0.1) is 0 Å². The van der Waals surface area contributed by atoms with E-state index in [9.17, 15) is 9.18 Å². The minimum Gasteiger partial charge on any atom is -0.307 e. The zero-order chi connectivity index (χ0) is 17.1.